The van der Waals surface area contributed by atoms with Gasteiger partial charge >= 0.3 is 0 Å². The Labute approximate surface area is 154 Å². The lowest BCUT2D eigenvalue weighted by molar-refractivity contribution is -0.114. The number of methoxy groups -OCH3 is 1. The summed E-state index contributed by atoms with van der Waals surface area (Å²) in [7, 11) is -0.863. The second-order valence-electron chi connectivity index (χ2n) is 5.98. The van der Waals surface area contributed by atoms with Crippen molar-refractivity contribution in [1.29, 1.82) is 0 Å². The predicted molar refractivity (Wildman–Crippen MR) is 102 cm³/mol. The quantitative estimate of drug-likeness (QED) is 0.806. The van der Waals surface area contributed by atoms with Crippen LogP contribution in [0.5, 0.6) is 5.75 Å². The zero-order valence-corrected chi connectivity index (χ0v) is 16.3. The van der Waals surface area contributed by atoms with E-state index in [4.69, 9.17) is 4.74 Å². The smallest absolute Gasteiger partial charge is 0.246 e. The van der Waals surface area contributed by atoms with Crippen LogP contribution in [-0.2, 0) is 27.8 Å². The zero-order chi connectivity index (χ0) is 19.3. The van der Waals surface area contributed by atoms with E-state index in [1.165, 1.54) is 43.1 Å². The Morgan fingerprint density at radius 2 is 1.73 bits per heavy atom. The Bertz CT molecular complexity index is 877. The molecule has 0 aliphatic rings. The molecule has 0 saturated carbocycles. The van der Waals surface area contributed by atoms with Crippen LogP contribution in [0.25, 0.3) is 0 Å². The van der Waals surface area contributed by atoms with Gasteiger partial charge in [-0.25, -0.2) is 8.42 Å². The number of benzene rings is 2. The summed E-state index contributed by atoms with van der Waals surface area (Å²) >= 11 is 0. The van der Waals surface area contributed by atoms with E-state index in [0.717, 1.165) is 12.0 Å². The first-order valence-electron chi connectivity index (χ1n) is 8.27. The highest BCUT2D eigenvalue weighted by molar-refractivity contribution is 7.89. The van der Waals surface area contributed by atoms with Crippen LogP contribution < -0.4 is 10.1 Å². The summed E-state index contributed by atoms with van der Waals surface area (Å²) in [5.41, 5.74) is 2.49. The van der Waals surface area contributed by atoms with Crippen LogP contribution >= 0.6 is 0 Å². The molecule has 0 bridgehead atoms. The first-order valence-corrected chi connectivity index (χ1v) is 9.71. The van der Waals surface area contributed by atoms with E-state index < -0.39 is 10.0 Å². The number of nitrogens with zero attached hydrogens (tertiary/aromatic N) is 1. The summed E-state index contributed by atoms with van der Waals surface area (Å²) in [5.74, 6) is -0.0461. The molecule has 0 aliphatic carbocycles. The Morgan fingerprint density at radius 1 is 1.12 bits per heavy atom. The molecule has 0 unspecified atom stereocenters. The Kier molecular flexibility index (Phi) is 6.39. The average Bonchev–Trinajstić information content (AvgIpc) is 2.61. The van der Waals surface area contributed by atoms with Gasteiger partial charge in [0.15, 0.2) is 0 Å². The first kappa shape index (κ1) is 19.9. The number of aryl methyl sites for hydroxylation is 1. The van der Waals surface area contributed by atoms with Crippen LogP contribution in [-0.4, -0.2) is 32.8 Å². The highest BCUT2D eigenvalue weighted by Crippen LogP contribution is 2.30. The maximum Gasteiger partial charge on any atom is 0.246 e. The molecular formula is C19H24N2O4S. The number of sulfonamides is 1. The molecule has 1 amide bonds. The van der Waals surface area contributed by atoms with Gasteiger partial charge in [-0.3, -0.25) is 4.79 Å². The molecule has 0 atom stereocenters. The molecule has 7 heteroatoms. The summed E-state index contributed by atoms with van der Waals surface area (Å²) in [6.45, 7) is 3.67. The summed E-state index contributed by atoms with van der Waals surface area (Å²) in [4.78, 5) is 11.3. The molecule has 2 rings (SSSR count). The zero-order valence-electron chi connectivity index (χ0n) is 15.4. The van der Waals surface area contributed by atoms with Gasteiger partial charge < -0.3 is 10.1 Å². The van der Waals surface area contributed by atoms with Gasteiger partial charge in [0.05, 0.1) is 7.11 Å². The third-order valence-electron chi connectivity index (χ3n) is 4.01. The Hall–Kier alpha value is -2.38. The highest BCUT2D eigenvalue weighted by Gasteiger charge is 2.25. The molecule has 0 spiro atoms. The number of anilines is 1. The average molecular weight is 376 g/mol. The lowest BCUT2D eigenvalue weighted by Gasteiger charge is -2.20. The second-order valence-corrected chi connectivity index (χ2v) is 7.99. The van der Waals surface area contributed by atoms with Crippen molar-refractivity contribution in [2.45, 2.75) is 31.7 Å². The van der Waals surface area contributed by atoms with E-state index in [-0.39, 0.29) is 23.1 Å². The number of hydrogen-bond donors (Lipinski definition) is 1. The Balaban J connectivity index is 2.33. The minimum atomic E-state index is -3.80. The lowest BCUT2D eigenvalue weighted by Crippen LogP contribution is -2.27. The van der Waals surface area contributed by atoms with Gasteiger partial charge in [-0.2, -0.15) is 4.31 Å². The van der Waals surface area contributed by atoms with Crippen molar-refractivity contribution in [3.05, 3.63) is 53.6 Å². The number of carbonyl (C=O) groups excluding carboxylic acids is 1. The van der Waals surface area contributed by atoms with Crippen molar-refractivity contribution < 1.29 is 17.9 Å². The van der Waals surface area contributed by atoms with Crippen LogP contribution in [0.1, 0.15) is 25.0 Å². The van der Waals surface area contributed by atoms with E-state index in [0.29, 0.717) is 5.69 Å². The molecule has 0 aromatic heterocycles. The normalized spacial score (nSPS) is 11.4. The largest absolute Gasteiger partial charge is 0.495 e. The lowest BCUT2D eigenvalue weighted by atomic mass is 10.1. The van der Waals surface area contributed by atoms with Crippen molar-refractivity contribution >= 4 is 21.6 Å². The third kappa shape index (κ3) is 4.62. The van der Waals surface area contributed by atoms with E-state index in [2.05, 4.69) is 12.2 Å². The van der Waals surface area contributed by atoms with Gasteiger partial charge in [0.1, 0.15) is 10.6 Å². The molecule has 2 aromatic carbocycles. The van der Waals surface area contributed by atoms with Crippen molar-refractivity contribution in [3.63, 3.8) is 0 Å². The fraction of sp³-hybridized carbons (Fsp3) is 0.316. The van der Waals surface area contributed by atoms with Crippen LogP contribution in [0.15, 0.2) is 47.4 Å². The van der Waals surface area contributed by atoms with Gasteiger partial charge in [0.25, 0.3) is 0 Å². The summed E-state index contributed by atoms with van der Waals surface area (Å²) in [6, 6.07) is 12.4. The second kappa shape index (κ2) is 8.33. The van der Waals surface area contributed by atoms with Gasteiger partial charge in [-0.1, -0.05) is 31.2 Å². The first-order chi connectivity index (χ1) is 12.3. The van der Waals surface area contributed by atoms with Crippen LogP contribution in [0, 0.1) is 0 Å². The Morgan fingerprint density at radius 3 is 2.27 bits per heavy atom. The number of carbonyl (C=O) groups is 1. The SMILES string of the molecule is CCc1ccc(CN(C)S(=O)(=O)c2cc(NC(C)=O)ccc2OC)cc1. The van der Waals surface area contributed by atoms with Crippen molar-refractivity contribution in [1.82, 2.24) is 4.31 Å². The third-order valence-corrected chi connectivity index (χ3v) is 5.83. The maximum absolute atomic E-state index is 13.0. The van der Waals surface area contributed by atoms with Crippen molar-refractivity contribution in [2.75, 3.05) is 19.5 Å². The van der Waals surface area contributed by atoms with Gasteiger partial charge in [-0.05, 0) is 35.7 Å². The predicted octanol–water partition coefficient (Wildman–Crippen LogP) is 3.04. The molecule has 2 aromatic rings. The van der Waals surface area contributed by atoms with Crippen LogP contribution in [0.3, 0.4) is 0 Å². The van der Waals surface area contributed by atoms with Crippen molar-refractivity contribution in [3.8, 4) is 5.75 Å². The summed E-state index contributed by atoms with van der Waals surface area (Å²) in [6.07, 6.45) is 0.932. The molecule has 26 heavy (non-hydrogen) atoms. The molecule has 0 saturated heterocycles. The summed E-state index contributed by atoms with van der Waals surface area (Å²) in [5, 5.41) is 2.59. The number of nitrogens with one attached hydrogen (secondary N) is 1. The number of rotatable bonds is 7. The highest BCUT2D eigenvalue weighted by atomic mass is 32.2. The van der Waals surface area contributed by atoms with Gasteiger partial charge in [0, 0.05) is 26.2 Å². The monoisotopic (exact) mass is 376 g/mol. The van der Waals surface area contributed by atoms with Gasteiger partial charge in [0.2, 0.25) is 15.9 Å². The molecule has 0 heterocycles. The van der Waals surface area contributed by atoms with E-state index >= 15 is 0 Å². The standard InChI is InChI=1S/C19H24N2O4S/c1-5-15-6-8-16(9-7-15)13-21(3)26(23,24)19-12-17(20-14(2)22)10-11-18(19)25-4/h6-12H,5,13H2,1-4H3,(H,20,22). The van der Waals surface area contributed by atoms with Crippen molar-refractivity contribution in [2.24, 2.45) is 0 Å². The van der Waals surface area contributed by atoms with E-state index in [1.54, 1.807) is 6.07 Å². The van der Waals surface area contributed by atoms with Crippen LogP contribution in [0.4, 0.5) is 5.69 Å². The molecule has 140 valence electrons. The van der Waals surface area contributed by atoms with E-state index in [1.807, 2.05) is 24.3 Å². The molecule has 6 nitrogen and oxygen atoms in total. The minimum absolute atomic E-state index is 0.0129. The fourth-order valence-electron chi connectivity index (χ4n) is 2.55. The number of hydrogen-bond acceptors (Lipinski definition) is 4. The molecule has 1 N–H and O–H groups in total. The molecule has 0 fully saturated rings. The number of ether oxygens (including phenoxy) is 1. The topological polar surface area (TPSA) is 75.7 Å². The molecule has 0 radical (unpaired) electrons. The molecule has 0 aliphatic heterocycles. The maximum atomic E-state index is 13.0. The number of amides is 1. The minimum Gasteiger partial charge on any atom is -0.495 e. The summed E-state index contributed by atoms with van der Waals surface area (Å²) < 4.78 is 32.5. The van der Waals surface area contributed by atoms with Crippen LogP contribution in [0.2, 0.25) is 0 Å². The molecular weight excluding hydrogens is 352 g/mol. The van der Waals surface area contributed by atoms with E-state index in [9.17, 15) is 13.2 Å². The fourth-order valence-corrected chi connectivity index (χ4v) is 3.89. The van der Waals surface area contributed by atoms with Gasteiger partial charge in [-0.15, -0.1) is 0 Å².